The van der Waals surface area contributed by atoms with Crippen LogP contribution in [-0.2, 0) is 6.54 Å². The molecule has 0 aliphatic carbocycles. The summed E-state index contributed by atoms with van der Waals surface area (Å²) in [6.07, 6.45) is 6.07. The summed E-state index contributed by atoms with van der Waals surface area (Å²) < 4.78 is 0. The molecular formula is C14H24N4S. The number of fused-ring (bicyclic) bond motifs is 2. The van der Waals surface area contributed by atoms with E-state index < -0.39 is 0 Å². The number of thiazole rings is 1. The van der Waals surface area contributed by atoms with Crippen molar-refractivity contribution in [2.45, 2.75) is 44.8 Å². The lowest BCUT2D eigenvalue weighted by molar-refractivity contribution is 0.254. The summed E-state index contributed by atoms with van der Waals surface area (Å²) in [6.45, 7) is 6.43. The monoisotopic (exact) mass is 280 g/mol. The van der Waals surface area contributed by atoms with Crippen LogP contribution in [0.3, 0.4) is 0 Å². The highest BCUT2D eigenvalue weighted by atomic mass is 32.1. The maximum atomic E-state index is 4.63. The summed E-state index contributed by atoms with van der Waals surface area (Å²) in [6, 6.07) is 1.53. The topological polar surface area (TPSA) is 31.4 Å². The number of anilines is 1. The molecule has 2 aliphatic rings. The summed E-state index contributed by atoms with van der Waals surface area (Å²) in [4.78, 5) is 11.1. The molecule has 19 heavy (non-hydrogen) atoms. The third-order valence-corrected chi connectivity index (χ3v) is 5.57. The minimum Gasteiger partial charge on any atom is -0.346 e. The highest BCUT2D eigenvalue weighted by Gasteiger charge is 2.35. The quantitative estimate of drug-likeness (QED) is 0.913. The number of hydrogen-bond donors (Lipinski definition) is 1. The van der Waals surface area contributed by atoms with Gasteiger partial charge in [0.15, 0.2) is 5.13 Å². The van der Waals surface area contributed by atoms with Crippen molar-refractivity contribution >= 4 is 16.5 Å². The van der Waals surface area contributed by atoms with Gasteiger partial charge in [-0.1, -0.05) is 6.92 Å². The van der Waals surface area contributed by atoms with Crippen LogP contribution in [0.25, 0.3) is 0 Å². The normalized spacial score (nSPS) is 27.8. The Morgan fingerprint density at radius 3 is 3.05 bits per heavy atom. The van der Waals surface area contributed by atoms with Gasteiger partial charge in [0.25, 0.3) is 0 Å². The first kappa shape index (κ1) is 13.3. The van der Waals surface area contributed by atoms with Crippen LogP contribution in [0.15, 0.2) is 6.20 Å². The predicted molar refractivity (Wildman–Crippen MR) is 80.9 cm³/mol. The van der Waals surface area contributed by atoms with Crippen LogP contribution in [0, 0.1) is 0 Å². The first-order chi connectivity index (χ1) is 9.28. The molecule has 2 fully saturated rings. The fraction of sp³-hybridized carbons (Fsp3) is 0.786. The van der Waals surface area contributed by atoms with Crippen molar-refractivity contribution in [1.29, 1.82) is 0 Å². The van der Waals surface area contributed by atoms with Crippen LogP contribution in [0.2, 0.25) is 0 Å². The van der Waals surface area contributed by atoms with Crippen LogP contribution >= 0.6 is 11.3 Å². The Balaban J connectivity index is 1.67. The smallest absolute Gasteiger partial charge is 0.185 e. The second kappa shape index (κ2) is 5.77. The molecule has 0 spiro atoms. The third-order valence-electron chi connectivity index (χ3n) is 4.51. The molecule has 2 saturated heterocycles. The van der Waals surface area contributed by atoms with Crippen molar-refractivity contribution in [3.63, 3.8) is 0 Å². The van der Waals surface area contributed by atoms with Crippen LogP contribution in [0.5, 0.6) is 0 Å². The Labute approximate surface area is 119 Å². The zero-order valence-corrected chi connectivity index (χ0v) is 12.7. The van der Waals surface area contributed by atoms with Crippen LogP contribution in [-0.4, -0.2) is 48.6 Å². The Hall–Kier alpha value is -0.650. The number of likely N-dealkylation sites (N-methyl/N-ethyl adjacent to an activating group) is 1. The van der Waals surface area contributed by atoms with Gasteiger partial charge in [-0.05, 0) is 32.9 Å². The Bertz CT molecular complexity index is 419. The number of hydrogen-bond acceptors (Lipinski definition) is 5. The second-order valence-corrected chi connectivity index (χ2v) is 6.77. The molecule has 2 aliphatic heterocycles. The van der Waals surface area contributed by atoms with E-state index in [1.165, 1.54) is 35.8 Å². The molecule has 3 rings (SSSR count). The van der Waals surface area contributed by atoms with E-state index in [2.05, 4.69) is 34.1 Å². The van der Waals surface area contributed by atoms with E-state index in [0.717, 1.165) is 31.7 Å². The summed E-state index contributed by atoms with van der Waals surface area (Å²) >= 11 is 1.85. The van der Waals surface area contributed by atoms with Gasteiger partial charge in [-0.25, -0.2) is 4.98 Å². The van der Waals surface area contributed by atoms with Gasteiger partial charge in [0.1, 0.15) is 0 Å². The second-order valence-electron chi connectivity index (χ2n) is 5.67. The highest BCUT2D eigenvalue weighted by Crippen LogP contribution is 2.32. The fourth-order valence-corrected chi connectivity index (χ4v) is 4.17. The van der Waals surface area contributed by atoms with Crippen molar-refractivity contribution < 1.29 is 0 Å². The summed E-state index contributed by atoms with van der Waals surface area (Å²) in [5.41, 5.74) is 0. The molecule has 1 N–H and O–H groups in total. The van der Waals surface area contributed by atoms with Gasteiger partial charge in [-0.2, -0.15) is 0 Å². The van der Waals surface area contributed by atoms with Crippen molar-refractivity contribution in [3.8, 4) is 0 Å². The molecule has 0 radical (unpaired) electrons. The molecule has 0 aromatic carbocycles. The molecular weight excluding hydrogens is 256 g/mol. The summed E-state index contributed by atoms with van der Waals surface area (Å²) in [7, 11) is 2.30. The van der Waals surface area contributed by atoms with E-state index in [9.17, 15) is 0 Å². The van der Waals surface area contributed by atoms with Crippen LogP contribution in [0.4, 0.5) is 5.13 Å². The standard InChI is InChI=1S/C14H24N4S/c1-3-15-8-13-9-16-14(19-13)18-7-6-11-4-5-12(10-18)17(11)2/h9,11-12,15H,3-8,10H2,1-2H3. The van der Waals surface area contributed by atoms with E-state index in [4.69, 9.17) is 0 Å². The van der Waals surface area contributed by atoms with Crippen molar-refractivity contribution in [1.82, 2.24) is 15.2 Å². The molecule has 0 amide bonds. The maximum absolute atomic E-state index is 4.63. The number of aromatic nitrogens is 1. The molecule has 2 bridgehead atoms. The number of nitrogens with one attached hydrogen (secondary N) is 1. The lowest BCUT2D eigenvalue weighted by Crippen LogP contribution is -2.36. The van der Waals surface area contributed by atoms with E-state index in [-0.39, 0.29) is 0 Å². The molecule has 1 aromatic rings. The fourth-order valence-electron chi connectivity index (χ4n) is 3.26. The van der Waals surface area contributed by atoms with Gasteiger partial charge in [0, 0.05) is 42.8 Å². The van der Waals surface area contributed by atoms with Gasteiger partial charge < -0.3 is 10.2 Å². The summed E-state index contributed by atoms with van der Waals surface area (Å²) in [5.74, 6) is 0. The van der Waals surface area contributed by atoms with Gasteiger partial charge in [-0.15, -0.1) is 11.3 Å². The molecule has 3 heterocycles. The molecule has 2 unspecified atom stereocenters. The highest BCUT2D eigenvalue weighted by molar-refractivity contribution is 7.15. The zero-order chi connectivity index (χ0) is 13.2. The van der Waals surface area contributed by atoms with Gasteiger partial charge >= 0.3 is 0 Å². The maximum Gasteiger partial charge on any atom is 0.185 e. The van der Waals surface area contributed by atoms with Crippen molar-refractivity contribution in [2.75, 3.05) is 31.6 Å². The van der Waals surface area contributed by atoms with Gasteiger partial charge in [-0.3, -0.25) is 4.90 Å². The number of nitrogens with zero attached hydrogens (tertiary/aromatic N) is 3. The van der Waals surface area contributed by atoms with Gasteiger partial charge in [0.05, 0.1) is 0 Å². The average Bonchev–Trinajstić information content (AvgIpc) is 2.94. The lowest BCUT2D eigenvalue weighted by Gasteiger charge is -2.25. The minimum absolute atomic E-state index is 0.730. The zero-order valence-electron chi connectivity index (χ0n) is 11.9. The largest absolute Gasteiger partial charge is 0.346 e. The molecule has 0 saturated carbocycles. The Morgan fingerprint density at radius 2 is 2.21 bits per heavy atom. The van der Waals surface area contributed by atoms with E-state index >= 15 is 0 Å². The number of rotatable bonds is 4. The first-order valence-electron chi connectivity index (χ1n) is 7.40. The predicted octanol–water partition coefficient (Wildman–Crippen LogP) is 1.93. The van der Waals surface area contributed by atoms with Crippen molar-refractivity contribution in [3.05, 3.63) is 11.1 Å². The van der Waals surface area contributed by atoms with Gasteiger partial charge in [0.2, 0.25) is 0 Å². The van der Waals surface area contributed by atoms with E-state index in [1.807, 2.05) is 17.5 Å². The average molecular weight is 280 g/mol. The molecule has 1 aromatic heterocycles. The molecule has 2 atom stereocenters. The molecule has 106 valence electrons. The molecule has 4 nitrogen and oxygen atoms in total. The van der Waals surface area contributed by atoms with E-state index in [1.54, 1.807) is 0 Å². The van der Waals surface area contributed by atoms with Crippen LogP contribution in [0.1, 0.15) is 31.1 Å². The minimum atomic E-state index is 0.730. The van der Waals surface area contributed by atoms with Crippen molar-refractivity contribution in [2.24, 2.45) is 0 Å². The lowest BCUT2D eigenvalue weighted by atomic mass is 10.1. The SMILES string of the molecule is CCNCc1cnc(N2CCC3CCC(C2)N3C)s1. The Morgan fingerprint density at radius 1 is 1.37 bits per heavy atom. The Kier molecular flexibility index (Phi) is 4.05. The third kappa shape index (κ3) is 2.78. The van der Waals surface area contributed by atoms with E-state index in [0.29, 0.717) is 0 Å². The summed E-state index contributed by atoms with van der Waals surface area (Å²) in [5, 5.41) is 4.59. The van der Waals surface area contributed by atoms with Crippen LogP contribution < -0.4 is 10.2 Å². The molecule has 5 heteroatoms. The first-order valence-corrected chi connectivity index (χ1v) is 8.22.